The predicted octanol–water partition coefficient (Wildman–Crippen LogP) is 12.0. The van der Waals surface area contributed by atoms with E-state index in [4.69, 9.17) is 4.74 Å². The molecule has 2 atom stereocenters. The van der Waals surface area contributed by atoms with E-state index in [9.17, 15) is 0 Å². The molecule has 3 nitrogen and oxygen atoms in total. The molecule has 1 aliphatic heterocycles. The zero-order chi connectivity index (χ0) is 33.5. The minimum absolute atomic E-state index is 0.0665. The molecule has 0 amide bonds. The van der Waals surface area contributed by atoms with Crippen LogP contribution in [0, 0.1) is 0 Å². The van der Waals surface area contributed by atoms with Gasteiger partial charge >= 0.3 is 0 Å². The fourth-order valence-corrected chi connectivity index (χ4v) is 8.62. The monoisotopic (exact) mass is 652 g/mol. The van der Waals surface area contributed by atoms with E-state index in [1.165, 1.54) is 82.8 Å². The van der Waals surface area contributed by atoms with Crippen molar-refractivity contribution in [2.45, 2.75) is 12.0 Å². The van der Waals surface area contributed by atoms with Gasteiger partial charge in [-0.3, -0.25) is 0 Å². The molecule has 3 heteroatoms. The Balaban J connectivity index is 1.14. The Bertz CT molecular complexity index is 2890. The first-order valence-corrected chi connectivity index (χ1v) is 17.7. The van der Waals surface area contributed by atoms with Crippen LogP contribution in [0.4, 0.5) is 0 Å². The molecule has 0 fully saturated rings. The van der Waals surface area contributed by atoms with Crippen molar-refractivity contribution in [2.24, 2.45) is 0 Å². The molecule has 0 radical (unpaired) electrons. The molecular weight excluding hydrogens is 621 g/mol. The summed E-state index contributed by atoms with van der Waals surface area (Å²) in [4.78, 5) is 0. The molecule has 0 saturated carbocycles. The summed E-state index contributed by atoms with van der Waals surface area (Å²) in [5.74, 6) is 1.03. The maximum Gasteiger partial charge on any atom is 0.130 e. The number of benzene rings is 7. The Morgan fingerprint density at radius 1 is 0.431 bits per heavy atom. The third kappa shape index (κ3) is 4.25. The van der Waals surface area contributed by atoms with Gasteiger partial charge in [0.15, 0.2) is 0 Å². The molecule has 1 aliphatic carbocycles. The van der Waals surface area contributed by atoms with Gasteiger partial charge in [0.2, 0.25) is 0 Å². The van der Waals surface area contributed by atoms with Crippen molar-refractivity contribution in [1.29, 1.82) is 0 Å². The quantitative estimate of drug-likeness (QED) is 0.185. The van der Waals surface area contributed by atoms with E-state index >= 15 is 0 Å². The van der Waals surface area contributed by atoms with Gasteiger partial charge in [-0.25, -0.2) is 0 Å². The molecule has 2 aliphatic rings. The van der Waals surface area contributed by atoms with E-state index in [1.807, 2.05) is 0 Å². The van der Waals surface area contributed by atoms with Crippen LogP contribution in [0.15, 0.2) is 182 Å². The minimum Gasteiger partial charge on any atom is -0.485 e. The van der Waals surface area contributed by atoms with Gasteiger partial charge < -0.3 is 13.9 Å². The smallest absolute Gasteiger partial charge is 0.130 e. The molecule has 11 rings (SSSR count). The van der Waals surface area contributed by atoms with Crippen LogP contribution in [0.25, 0.3) is 71.7 Å². The lowest BCUT2D eigenvalue weighted by atomic mass is 9.84. The summed E-state index contributed by atoms with van der Waals surface area (Å²) < 4.78 is 11.6. The molecule has 2 unspecified atom stereocenters. The number of ether oxygens (including phenoxy) is 1. The van der Waals surface area contributed by atoms with Crippen molar-refractivity contribution in [3.05, 3.63) is 193 Å². The fraction of sp³-hybridized carbons (Fsp3) is 0.0417. The van der Waals surface area contributed by atoms with Gasteiger partial charge in [-0.1, -0.05) is 121 Å². The van der Waals surface area contributed by atoms with Crippen LogP contribution in [0.5, 0.6) is 5.75 Å². The minimum atomic E-state index is -0.0960. The molecule has 51 heavy (non-hydrogen) atoms. The summed E-state index contributed by atoms with van der Waals surface area (Å²) in [6, 6.07) is 61.4. The predicted molar refractivity (Wildman–Crippen MR) is 212 cm³/mol. The zero-order valence-electron chi connectivity index (χ0n) is 27.8. The largest absolute Gasteiger partial charge is 0.485 e. The number of para-hydroxylation sites is 4. The summed E-state index contributed by atoms with van der Waals surface area (Å²) in [5, 5.41) is 5.01. The van der Waals surface area contributed by atoms with Crippen molar-refractivity contribution < 1.29 is 4.74 Å². The lowest BCUT2D eigenvalue weighted by Gasteiger charge is -2.27. The van der Waals surface area contributed by atoms with Crippen LogP contribution in [0.2, 0.25) is 0 Å². The molecule has 9 aromatic rings. The lowest BCUT2D eigenvalue weighted by molar-refractivity contribution is 0.271. The summed E-state index contributed by atoms with van der Waals surface area (Å²) in [5.41, 5.74) is 13.2. The first-order chi connectivity index (χ1) is 25.3. The van der Waals surface area contributed by atoms with Crippen LogP contribution in [-0.4, -0.2) is 15.2 Å². The summed E-state index contributed by atoms with van der Waals surface area (Å²) in [6.07, 6.45) is 4.61. The van der Waals surface area contributed by atoms with Gasteiger partial charge in [0.1, 0.15) is 11.9 Å². The number of aromatic nitrogens is 2. The van der Waals surface area contributed by atoms with E-state index in [2.05, 4.69) is 191 Å². The van der Waals surface area contributed by atoms with Crippen molar-refractivity contribution >= 4 is 54.9 Å². The SMILES string of the molecule is C1=C(c2ccccc2)C=C(n2c3ccccc3c3ccc(-c4ccc5c(c4)c4ccccc4n5-c4ccccc4)cc32)C2c3ccccc3OC12. The normalized spacial score (nSPS) is 16.6. The third-order valence-electron chi connectivity index (χ3n) is 10.9. The Hall–Kier alpha value is -6.58. The molecule has 0 spiro atoms. The van der Waals surface area contributed by atoms with Crippen molar-refractivity contribution in [2.75, 3.05) is 0 Å². The van der Waals surface area contributed by atoms with E-state index < -0.39 is 0 Å². The number of hydrogen-bond acceptors (Lipinski definition) is 1. The van der Waals surface area contributed by atoms with E-state index in [-0.39, 0.29) is 12.0 Å². The van der Waals surface area contributed by atoms with Gasteiger partial charge in [-0.05, 0) is 82.9 Å². The standard InChI is InChI=1S/C48H32N2O/c1-3-13-31(14-4-1)34-29-45(48-39-19-9-12-22-46(39)51-47(48)30-34)50-42-21-11-7-17-36(42)38-25-23-33(28-44(38)50)32-24-26-43-40(27-32)37-18-8-10-20-41(37)49(43)35-15-5-2-6-16-35/h1-30,47-48H. The maximum absolute atomic E-state index is 6.69. The second-order valence-electron chi connectivity index (χ2n) is 13.7. The second kappa shape index (κ2) is 11.0. The van der Waals surface area contributed by atoms with Crippen LogP contribution in [0.3, 0.4) is 0 Å². The van der Waals surface area contributed by atoms with Gasteiger partial charge in [-0.2, -0.15) is 0 Å². The molecule has 2 aromatic heterocycles. The number of allylic oxidation sites excluding steroid dienone is 2. The topological polar surface area (TPSA) is 19.1 Å². The van der Waals surface area contributed by atoms with Crippen LogP contribution >= 0.6 is 0 Å². The highest BCUT2D eigenvalue weighted by atomic mass is 16.5. The highest BCUT2D eigenvalue weighted by molar-refractivity contribution is 6.13. The van der Waals surface area contributed by atoms with E-state index in [1.54, 1.807) is 0 Å². The molecular formula is C48H32N2O. The Kier molecular flexibility index (Phi) is 6.08. The molecule has 0 N–H and O–H groups in total. The maximum atomic E-state index is 6.69. The highest BCUT2D eigenvalue weighted by Crippen LogP contribution is 2.50. The second-order valence-corrected chi connectivity index (χ2v) is 13.7. The van der Waals surface area contributed by atoms with Gasteiger partial charge in [0.05, 0.1) is 28.0 Å². The number of nitrogens with zero attached hydrogens (tertiary/aromatic N) is 2. The van der Waals surface area contributed by atoms with Crippen LogP contribution < -0.4 is 4.74 Å². The van der Waals surface area contributed by atoms with Crippen LogP contribution in [-0.2, 0) is 0 Å². The molecule has 3 heterocycles. The number of fused-ring (bicyclic) bond motifs is 9. The average molecular weight is 653 g/mol. The van der Waals surface area contributed by atoms with Crippen molar-refractivity contribution in [3.8, 4) is 22.6 Å². The molecule has 0 bridgehead atoms. The number of hydrogen-bond donors (Lipinski definition) is 0. The fourth-order valence-electron chi connectivity index (χ4n) is 8.62. The summed E-state index contributed by atoms with van der Waals surface area (Å²) in [6.45, 7) is 0. The lowest BCUT2D eigenvalue weighted by Crippen LogP contribution is -2.23. The van der Waals surface area contributed by atoms with Crippen molar-refractivity contribution in [1.82, 2.24) is 9.13 Å². The molecule has 0 saturated heterocycles. The van der Waals surface area contributed by atoms with Crippen LogP contribution in [0.1, 0.15) is 17.0 Å². The first-order valence-electron chi connectivity index (χ1n) is 17.7. The molecule has 240 valence electrons. The van der Waals surface area contributed by atoms with Crippen molar-refractivity contribution in [3.63, 3.8) is 0 Å². The Labute approximate surface area is 295 Å². The average Bonchev–Trinajstić information content (AvgIpc) is 3.85. The first kappa shape index (κ1) is 28.3. The van der Waals surface area contributed by atoms with Gasteiger partial charge in [-0.15, -0.1) is 0 Å². The van der Waals surface area contributed by atoms with Gasteiger partial charge in [0, 0.05) is 38.5 Å². The summed E-state index contributed by atoms with van der Waals surface area (Å²) in [7, 11) is 0. The summed E-state index contributed by atoms with van der Waals surface area (Å²) >= 11 is 0. The number of rotatable bonds is 4. The Morgan fingerprint density at radius 2 is 1.04 bits per heavy atom. The Morgan fingerprint density at radius 3 is 1.86 bits per heavy atom. The third-order valence-corrected chi connectivity index (χ3v) is 10.9. The highest BCUT2D eigenvalue weighted by Gasteiger charge is 2.39. The molecule has 7 aromatic carbocycles. The van der Waals surface area contributed by atoms with E-state index in [0.717, 1.165) is 5.75 Å². The van der Waals surface area contributed by atoms with Gasteiger partial charge in [0.25, 0.3) is 0 Å². The zero-order valence-corrected chi connectivity index (χ0v) is 27.8. The van der Waals surface area contributed by atoms with E-state index in [0.29, 0.717) is 0 Å².